The van der Waals surface area contributed by atoms with Gasteiger partial charge in [-0.3, -0.25) is 14.6 Å². The predicted octanol–water partition coefficient (Wildman–Crippen LogP) is 5.51. The molecule has 2 heterocycles. The van der Waals surface area contributed by atoms with Crippen LogP contribution in [0, 0.1) is 40.4 Å². The number of nitrogens with zero attached hydrogens (tertiary/aromatic N) is 4. The van der Waals surface area contributed by atoms with Crippen LogP contribution in [0.1, 0.15) is 102 Å². The summed E-state index contributed by atoms with van der Waals surface area (Å²) in [4.78, 5) is 38.2. The molecular weight excluding hydrogens is 512 g/mol. The number of aliphatic hydroxyl groups is 1. The van der Waals surface area contributed by atoms with Gasteiger partial charge in [0.2, 0.25) is 5.91 Å². The van der Waals surface area contributed by atoms with E-state index in [4.69, 9.17) is 0 Å². The van der Waals surface area contributed by atoms with Crippen molar-refractivity contribution >= 4 is 11.8 Å². The zero-order chi connectivity index (χ0) is 28.9. The molecule has 7 nitrogen and oxygen atoms in total. The van der Waals surface area contributed by atoms with Crippen LogP contribution in [0.3, 0.4) is 0 Å². The number of allylic oxidation sites excluding steroid dienone is 1. The number of fused-ring (bicyclic) bond motifs is 5. The van der Waals surface area contributed by atoms with Gasteiger partial charge in [0.1, 0.15) is 5.69 Å². The van der Waals surface area contributed by atoms with Crippen LogP contribution in [0.2, 0.25) is 0 Å². The predicted molar refractivity (Wildman–Crippen MR) is 159 cm³/mol. The molecule has 1 aromatic rings. The van der Waals surface area contributed by atoms with Gasteiger partial charge in [0.15, 0.2) is 0 Å². The highest BCUT2D eigenvalue weighted by molar-refractivity contribution is 5.92. The Hall–Kier alpha value is -2.28. The summed E-state index contributed by atoms with van der Waals surface area (Å²) >= 11 is 0. The van der Waals surface area contributed by atoms with E-state index >= 15 is 0 Å². The Kier molecular flexibility index (Phi) is 7.80. The third kappa shape index (κ3) is 5.04. The first-order valence-corrected chi connectivity index (χ1v) is 16.3. The van der Waals surface area contributed by atoms with Gasteiger partial charge >= 0.3 is 0 Å². The van der Waals surface area contributed by atoms with Gasteiger partial charge in [-0.25, -0.2) is 4.98 Å². The number of rotatable bonds is 5. The summed E-state index contributed by atoms with van der Waals surface area (Å²) in [5.74, 6) is 3.68. The first-order chi connectivity index (χ1) is 19.6. The Morgan fingerprint density at radius 2 is 1.93 bits per heavy atom. The summed E-state index contributed by atoms with van der Waals surface area (Å²) in [6, 6.07) is -0.0383. The quantitative estimate of drug-likeness (QED) is 0.479. The van der Waals surface area contributed by atoms with E-state index in [1.54, 1.807) is 18.0 Å². The van der Waals surface area contributed by atoms with E-state index in [1.807, 2.05) is 16.7 Å². The molecular formula is C34H50N4O3. The van der Waals surface area contributed by atoms with Crippen LogP contribution in [-0.4, -0.2) is 68.5 Å². The Balaban J connectivity index is 1.04. The Labute approximate surface area is 246 Å². The number of aromatic nitrogens is 2. The van der Waals surface area contributed by atoms with E-state index < -0.39 is 0 Å². The molecule has 9 atom stereocenters. The number of carbonyl (C=O) groups excluding carboxylic acids is 2. The molecule has 1 saturated heterocycles. The molecule has 224 valence electrons. The Morgan fingerprint density at radius 3 is 2.68 bits per heavy atom. The van der Waals surface area contributed by atoms with E-state index in [9.17, 15) is 14.7 Å². The maximum Gasteiger partial charge on any atom is 0.274 e. The molecule has 1 aromatic heterocycles. The van der Waals surface area contributed by atoms with Gasteiger partial charge in [0.25, 0.3) is 5.91 Å². The van der Waals surface area contributed by atoms with E-state index in [-0.39, 0.29) is 24.0 Å². The lowest BCUT2D eigenvalue weighted by Gasteiger charge is -2.58. The molecule has 4 fully saturated rings. The van der Waals surface area contributed by atoms with E-state index in [1.165, 1.54) is 38.3 Å². The van der Waals surface area contributed by atoms with Crippen LogP contribution < -0.4 is 0 Å². The number of aliphatic hydroxyl groups excluding tert-OH is 1. The van der Waals surface area contributed by atoms with Crippen molar-refractivity contribution in [2.75, 3.05) is 19.6 Å². The molecule has 7 heteroatoms. The summed E-state index contributed by atoms with van der Waals surface area (Å²) < 4.78 is 0. The lowest BCUT2D eigenvalue weighted by atomic mass is 9.47. The Morgan fingerprint density at radius 1 is 1.10 bits per heavy atom. The van der Waals surface area contributed by atoms with Crippen LogP contribution in [0.4, 0.5) is 0 Å². The molecule has 2 amide bonds. The molecule has 6 rings (SSSR count). The molecule has 0 aromatic carbocycles. The molecule has 0 spiro atoms. The lowest BCUT2D eigenvalue weighted by Crippen LogP contribution is -2.55. The van der Waals surface area contributed by atoms with Gasteiger partial charge in [0, 0.05) is 44.5 Å². The number of hydrogen-bond donors (Lipinski definition) is 1. The number of hydrogen-bond acceptors (Lipinski definition) is 5. The van der Waals surface area contributed by atoms with Crippen LogP contribution in [-0.2, 0) is 4.79 Å². The fourth-order valence-corrected chi connectivity index (χ4v) is 10.4. The highest BCUT2D eigenvalue weighted by atomic mass is 16.3. The number of carbonyl (C=O) groups is 2. The minimum atomic E-state index is -0.141. The molecule has 2 unspecified atom stereocenters. The van der Waals surface area contributed by atoms with Gasteiger partial charge in [0.05, 0.1) is 12.3 Å². The summed E-state index contributed by atoms with van der Waals surface area (Å²) in [5.41, 5.74) is 2.58. The SMILES string of the molecule is CC(CCC(=O)N1CCN(C(=O)c2cnccn2)C(C)C1)[C@H]1CC[C@H]2[C@@H]3CC=C4C[C@@H](O)CC[C@]4(C)[C@H]3CC[C@]12C. The van der Waals surface area contributed by atoms with Crippen molar-refractivity contribution in [3.05, 3.63) is 35.9 Å². The van der Waals surface area contributed by atoms with Crippen LogP contribution in [0.15, 0.2) is 30.2 Å². The second-order valence-electron chi connectivity index (χ2n) is 14.7. The van der Waals surface area contributed by atoms with Crippen LogP contribution in [0.5, 0.6) is 0 Å². The van der Waals surface area contributed by atoms with Crippen molar-refractivity contribution in [2.45, 2.75) is 104 Å². The van der Waals surface area contributed by atoms with Crippen molar-refractivity contribution in [1.82, 2.24) is 19.8 Å². The fourth-order valence-electron chi connectivity index (χ4n) is 10.4. The summed E-state index contributed by atoms with van der Waals surface area (Å²) in [6.07, 6.45) is 18.0. The second kappa shape index (κ2) is 11.1. The lowest BCUT2D eigenvalue weighted by molar-refractivity contribution is -0.134. The minimum Gasteiger partial charge on any atom is -0.393 e. The molecule has 4 aliphatic carbocycles. The zero-order valence-electron chi connectivity index (χ0n) is 25.6. The first kappa shape index (κ1) is 28.8. The molecule has 1 aliphatic heterocycles. The third-order valence-electron chi connectivity index (χ3n) is 12.7. The Bertz CT molecular complexity index is 1170. The maximum absolute atomic E-state index is 13.3. The monoisotopic (exact) mass is 562 g/mol. The molecule has 3 saturated carbocycles. The van der Waals surface area contributed by atoms with Crippen molar-refractivity contribution in [1.29, 1.82) is 0 Å². The summed E-state index contributed by atoms with van der Waals surface area (Å²) in [6.45, 7) is 11.2. The van der Waals surface area contributed by atoms with E-state index in [0.717, 1.165) is 43.4 Å². The van der Waals surface area contributed by atoms with Gasteiger partial charge in [-0.2, -0.15) is 0 Å². The smallest absolute Gasteiger partial charge is 0.274 e. The maximum atomic E-state index is 13.3. The standard InChI is InChI=1S/C34H50N4O3/c1-22(5-10-31(40)37-17-18-38(23(2)21-37)32(41)30-20-35-15-16-36-30)27-8-9-28-26-7-6-24-19-25(39)11-13-33(24,3)29(26)12-14-34(27,28)4/h6,15-16,20,22-23,25-29,39H,5,7-14,17-19,21H2,1-4H3/t22?,23?,25-,26-,27+,28-,29-,33-,34+/m0/s1. The minimum absolute atomic E-state index is 0.0383. The second-order valence-corrected chi connectivity index (χ2v) is 14.7. The average Bonchev–Trinajstić information content (AvgIpc) is 3.33. The largest absolute Gasteiger partial charge is 0.393 e. The first-order valence-electron chi connectivity index (χ1n) is 16.3. The number of piperazine rings is 1. The average molecular weight is 563 g/mol. The highest BCUT2D eigenvalue weighted by Gasteiger charge is 2.59. The van der Waals surface area contributed by atoms with Crippen LogP contribution in [0.25, 0.3) is 0 Å². The van der Waals surface area contributed by atoms with Crippen molar-refractivity contribution in [3.63, 3.8) is 0 Å². The number of amides is 2. The normalized spacial score (nSPS) is 39.3. The third-order valence-corrected chi connectivity index (χ3v) is 12.7. The fraction of sp³-hybridized carbons (Fsp3) is 0.765. The highest BCUT2D eigenvalue weighted by Crippen LogP contribution is 2.67. The van der Waals surface area contributed by atoms with Gasteiger partial charge in [-0.15, -0.1) is 0 Å². The topological polar surface area (TPSA) is 86.6 Å². The summed E-state index contributed by atoms with van der Waals surface area (Å²) in [7, 11) is 0. The molecule has 0 bridgehead atoms. The van der Waals surface area contributed by atoms with Crippen molar-refractivity contribution < 1.29 is 14.7 Å². The van der Waals surface area contributed by atoms with E-state index in [0.29, 0.717) is 54.4 Å². The zero-order valence-corrected chi connectivity index (χ0v) is 25.6. The van der Waals surface area contributed by atoms with Gasteiger partial charge in [-0.05, 0) is 105 Å². The molecule has 41 heavy (non-hydrogen) atoms. The van der Waals surface area contributed by atoms with E-state index in [2.05, 4.69) is 36.8 Å². The van der Waals surface area contributed by atoms with Crippen molar-refractivity contribution in [2.24, 2.45) is 40.4 Å². The van der Waals surface area contributed by atoms with Crippen molar-refractivity contribution in [3.8, 4) is 0 Å². The molecule has 0 radical (unpaired) electrons. The van der Waals surface area contributed by atoms with Gasteiger partial charge in [-0.1, -0.05) is 32.4 Å². The molecule has 5 aliphatic rings. The molecule has 1 N–H and O–H groups in total. The van der Waals surface area contributed by atoms with Crippen LogP contribution >= 0.6 is 0 Å². The van der Waals surface area contributed by atoms with Gasteiger partial charge < -0.3 is 14.9 Å². The summed E-state index contributed by atoms with van der Waals surface area (Å²) in [5, 5.41) is 10.3.